The highest BCUT2D eigenvalue weighted by atomic mass is 19.1. The molecule has 3 rings (SSSR count). The van der Waals surface area contributed by atoms with E-state index in [-0.39, 0.29) is 17.5 Å². The van der Waals surface area contributed by atoms with Gasteiger partial charge in [0.1, 0.15) is 11.5 Å². The number of benzene rings is 1. The van der Waals surface area contributed by atoms with Gasteiger partial charge in [0.25, 0.3) is 5.89 Å². The van der Waals surface area contributed by atoms with E-state index in [1.54, 1.807) is 30.5 Å². The van der Waals surface area contributed by atoms with Crippen molar-refractivity contribution in [2.75, 3.05) is 0 Å². The summed E-state index contributed by atoms with van der Waals surface area (Å²) in [5.74, 6) is 0.109. The molecule has 0 saturated carbocycles. The lowest BCUT2D eigenvalue weighted by Gasteiger charge is -1.94. The van der Waals surface area contributed by atoms with Gasteiger partial charge in [0.2, 0.25) is 5.82 Å². The third-order valence-corrected chi connectivity index (χ3v) is 2.27. The van der Waals surface area contributed by atoms with Crippen molar-refractivity contribution in [3.8, 4) is 23.0 Å². The first-order valence-corrected chi connectivity index (χ1v) is 4.93. The number of H-pyrrole nitrogens is 1. The second-order valence-corrected chi connectivity index (χ2v) is 3.37. The molecule has 0 atom stereocenters. The molecule has 0 radical (unpaired) electrons. The maximum Gasteiger partial charge on any atom is 0.276 e. The number of aromatic amines is 1. The second-order valence-electron chi connectivity index (χ2n) is 3.37. The minimum atomic E-state index is -0.385. The van der Waals surface area contributed by atoms with Crippen LogP contribution in [0.2, 0.25) is 0 Å². The highest BCUT2D eigenvalue weighted by molar-refractivity contribution is 5.58. The zero-order valence-electron chi connectivity index (χ0n) is 8.59. The molecule has 84 valence electrons. The molecule has 0 aliphatic heterocycles. The zero-order valence-corrected chi connectivity index (χ0v) is 8.59. The van der Waals surface area contributed by atoms with E-state index in [4.69, 9.17) is 4.52 Å². The molecule has 0 unspecified atom stereocenters. The van der Waals surface area contributed by atoms with Gasteiger partial charge in [0, 0.05) is 6.20 Å². The molecule has 6 heteroatoms. The number of halogens is 1. The van der Waals surface area contributed by atoms with Gasteiger partial charge in [-0.2, -0.15) is 10.1 Å². The summed E-state index contributed by atoms with van der Waals surface area (Å²) in [7, 11) is 0. The lowest BCUT2D eigenvalue weighted by Crippen LogP contribution is -1.85. The van der Waals surface area contributed by atoms with Crippen molar-refractivity contribution in [1.29, 1.82) is 0 Å². The van der Waals surface area contributed by atoms with E-state index in [2.05, 4.69) is 20.3 Å². The number of nitrogens with one attached hydrogen (secondary N) is 1. The van der Waals surface area contributed by atoms with Crippen molar-refractivity contribution in [2.24, 2.45) is 0 Å². The van der Waals surface area contributed by atoms with E-state index in [1.807, 2.05) is 0 Å². The fourth-order valence-corrected chi connectivity index (χ4v) is 1.46. The van der Waals surface area contributed by atoms with Gasteiger partial charge < -0.3 is 4.52 Å². The van der Waals surface area contributed by atoms with Crippen molar-refractivity contribution in [3.05, 3.63) is 42.3 Å². The van der Waals surface area contributed by atoms with Gasteiger partial charge in [0.15, 0.2) is 0 Å². The highest BCUT2D eigenvalue weighted by Crippen LogP contribution is 2.22. The normalized spacial score (nSPS) is 10.6. The Hall–Kier alpha value is -2.50. The van der Waals surface area contributed by atoms with Gasteiger partial charge in [-0.1, -0.05) is 17.3 Å². The lowest BCUT2D eigenvalue weighted by atomic mass is 10.2. The van der Waals surface area contributed by atoms with Gasteiger partial charge in [-0.3, -0.25) is 5.10 Å². The Kier molecular flexibility index (Phi) is 2.18. The predicted octanol–water partition coefficient (Wildman–Crippen LogP) is 2.27. The fourth-order valence-electron chi connectivity index (χ4n) is 1.46. The minimum Gasteiger partial charge on any atom is -0.332 e. The molecule has 0 saturated heterocycles. The molecule has 0 amide bonds. The van der Waals surface area contributed by atoms with Crippen LogP contribution < -0.4 is 0 Å². The Balaban J connectivity index is 2.04. The number of hydrogen-bond acceptors (Lipinski definition) is 4. The van der Waals surface area contributed by atoms with E-state index >= 15 is 0 Å². The molecule has 0 aliphatic carbocycles. The van der Waals surface area contributed by atoms with E-state index in [9.17, 15) is 4.39 Å². The molecule has 1 N–H and O–H groups in total. The quantitative estimate of drug-likeness (QED) is 0.733. The molecule has 0 aliphatic rings. The molecule has 0 bridgehead atoms. The summed E-state index contributed by atoms with van der Waals surface area (Å²) in [6.45, 7) is 0. The van der Waals surface area contributed by atoms with E-state index in [0.29, 0.717) is 11.3 Å². The van der Waals surface area contributed by atoms with Crippen LogP contribution in [0.4, 0.5) is 4.39 Å². The van der Waals surface area contributed by atoms with Crippen molar-refractivity contribution >= 4 is 0 Å². The summed E-state index contributed by atoms with van der Waals surface area (Å²) in [5, 5.41) is 10.2. The molecule has 5 nitrogen and oxygen atoms in total. The zero-order chi connectivity index (χ0) is 11.7. The lowest BCUT2D eigenvalue weighted by molar-refractivity contribution is 0.430. The average molecular weight is 230 g/mol. The maximum absolute atomic E-state index is 13.5. The van der Waals surface area contributed by atoms with Crippen molar-refractivity contribution in [3.63, 3.8) is 0 Å². The molecule has 0 spiro atoms. The smallest absolute Gasteiger partial charge is 0.276 e. The Labute approximate surface area is 95.3 Å². The van der Waals surface area contributed by atoms with Crippen LogP contribution >= 0.6 is 0 Å². The van der Waals surface area contributed by atoms with E-state index < -0.39 is 0 Å². The molecular formula is C11H7FN4O. The predicted molar refractivity (Wildman–Crippen MR) is 57.3 cm³/mol. The summed E-state index contributed by atoms with van der Waals surface area (Å²) in [5.41, 5.74) is 0.905. The fraction of sp³-hybridized carbons (Fsp3) is 0. The van der Waals surface area contributed by atoms with Gasteiger partial charge in [-0.05, 0) is 18.2 Å². The topological polar surface area (TPSA) is 67.6 Å². The Bertz CT molecular complexity index is 632. The summed E-state index contributed by atoms with van der Waals surface area (Å²) in [4.78, 5) is 4.09. The second kappa shape index (κ2) is 3.82. The Morgan fingerprint density at radius 2 is 2.06 bits per heavy atom. The van der Waals surface area contributed by atoms with Crippen LogP contribution in [0.1, 0.15) is 0 Å². The highest BCUT2D eigenvalue weighted by Gasteiger charge is 2.13. The van der Waals surface area contributed by atoms with Crippen LogP contribution in [0.25, 0.3) is 23.0 Å². The van der Waals surface area contributed by atoms with E-state index in [0.717, 1.165) is 0 Å². The van der Waals surface area contributed by atoms with Crippen LogP contribution in [-0.4, -0.2) is 20.3 Å². The first kappa shape index (κ1) is 9.71. The van der Waals surface area contributed by atoms with Crippen molar-refractivity contribution < 1.29 is 8.91 Å². The molecule has 0 fully saturated rings. The third-order valence-electron chi connectivity index (χ3n) is 2.27. The standard InChI is InChI=1S/C11H7FN4O/c12-8-4-2-1-3-7(8)10-14-11(17-16-10)9-5-6-13-15-9/h1-6H,(H,13,15). The van der Waals surface area contributed by atoms with Gasteiger partial charge in [-0.15, -0.1) is 0 Å². The van der Waals surface area contributed by atoms with Crippen LogP contribution in [0, 0.1) is 5.82 Å². The number of hydrogen-bond donors (Lipinski definition) is 1. The summed E-state index contributed by atoms with van der Waals surface area (Å²) in [6.07, 6.45) is 1.57. The van der Waals surface area contributed by atoms with Gasteiger partial charge in [-0.25, -0.2) is 4.39 Å². The minimum absolute atomic E-state index is 0.215. The summed E-state index contributed by atoms with van der Waals surface area (Å²) < 4.78 is 18.5. The molecular weight excluding hydrogens is 223 g/mol. The average Bonchev–Trinajstić information content (AvgIpc) is 3.00. The Morgan fingerprint density at radius 1 is 1.18 bits per heavy atom. The first-order valence-electron chi connectivity index (χ1n) is 4.93. The number of nitrogens with zero attached hydrogens (tertiary/aromatic N) is 3. The monoisotopic (exact) mass is 230 g/mol. The third kappa shape index (κ3) is 1.69. The summed E-state index contributed by atoms with van der Waals surface area (Å²) in [6, 6.07) is 7.95. The van der Waals surface area contributed by atoms with E-state index in [1.165, 1.54) is 6.07 Å². The van der Waals surface area contributed by atoms with Crippen LogP contribution in [0.15, 0.2) is 41.1 Å². The number of rotatable bonds is 2. The van der Waals surface area contributed by atoms with Crippen molar-refractivity contribution in [1.82, 2.24) is 20.3 Å². The van der Waals surface area contributed by atoms with Gasteiger partial charge in [0.05, 0.1) is 5.56 Å². The number of aromatic nitrogens is 4. The van der Waals surface area contributed by atoms with Crippen LogP contribution in [0.5, 0.6) is 0 Å². The van der Waals surface area contributed by atoms with Gasteiger partial charge >= 0.3 is 0 Å². The maximum atomic E-state index is 13.5. The molecule has 3 aromatic rings. The SMILES string of the molecule is Fc1ccccc1-c1noc(-c2ccn[nH]2)n1. The van der Waals surface area contributed by atoms with Crippen molar-refractivity contribution in [2.45, 2.75) is 0 Å². The molecule has 1 aromatic carbocycles. The molecule has 2 aromatic heterocycles. The largest absolute Gasteiger partial charge is 0.332 e. The molecule has 17 heavy (non-hydrogen) atoms. The summed E-state index contributed by atoms with van der Waals surface area (Å²) >= 11 is 0. The first-order chi connectivity index (χ1) is 8.34. The van der Waals surface area contributed by atoms with Crippen LogP contribution in [0.3, 0.4) is 0 Å². The van der Waals surface area contributed by atoms with Crippen LogP contribution in [-0.2, 0) is 0 Å². The molecule has 2 heterocycles. The Morgan fingerprint density at radius 3 is 2.82 bits per heavy atom.